The van der Waals surface area contributed by atoms with Gasteiger partial charge in [-0.25, -0.2) is 9.67 Å². The number of hydrogen-bond donors (Lipinski definition) is 3. The molecular formula is C32H43F3N10O4. The maximum absolute atomic E-state index is 14.1. The molecule has 17 heteroatoms. The zero-order valence-electron chi connectivity index (χ0n) is 28.0. The Balaban J connectivity index is 1.38. The lowest BCUT2D eigenvalue weighted by Gasteiger charge is -2.37. The molecule has 1 aromatic carbocycles. The minimum Gasteiger partial charge on any atom is -0.480 e. The van der Waals surface area contributed by atoms with E-state index in [-0.39, 0.29) is 28.9 Å². The molecule has 2 saturated heterocycles. The van der Waals surface area contributed by atoms with Crippen LogP contribution in [0, 0.1) is 0 Å². The van der Waals surface area contributed by atoms with E-state index in [0.717, 1.165) is 58.2 Å². The number of morpholine rings is 1. The molecule has 2 aromatic heterocycles. The van der Waals surface area contributed by atoms with E-state index >= 15 is 0 Å². The molecule has 0 spiro atoms. The molecular weight excluding hydrogens is 645 g/mol. The van der Waals surface area contributed by atoms with Gasteiger partial charge in [0.25, 0.3) is 11.8 Å². The summed E-state index contributed by atoms with van der Waals surface area (Å²) in [5.41, 5.74) is -0.467. The van der Waals surface area contributed by atoms with Crippen LogP contribution in [-0.4, -0.2) is 128 Å². The fourth-order valence-corrected chi connectivity index (χ4v) is 5.89. The number of amides is 2. The molecule has 2 aliphatic heterocycles. The van der Waals surface area contributed by atoms with Crippen molar-refractivity contribution in [3.63, 3.8) is 0 Å². The summed E-state index contributed by atoms with van der Waals surface area (Å²) in [4.78, 5) is 36.8. The van der Waals surface area contributed by atoms with E-state index in [9.17, 15) is 22.8 Å². The first kappa shape index (κ1) is 35.8. The van der Waals surface area contributed by atoms with Crippen LogP contribution in [0.15, 0.2) is 30.5 Å². The third-order valence-corrected chi connectivity index (χ3v) is 8.48. The second-order valence-electron chi connectivity index (χ2n) is 11.8. The number of aromatic nitrogens is 4. The predicted octanol–water partition coefficient (Wildman–Crippen LogP) is 2.97. The van der Waals surface area contributed by atoms with Crippen LogP contribution in [0.5, 0.6) is 5.88 Å². The van der Waals surface area contributed by atoms with Crippen molar-refractivity contribution in [1.29, 1.82) is 0 Å². The Morgan fingerprint density at radius 3 is 2.39 bits per heavy atom. The van der Waals surface area contributed by atoms with Crippen LogP contribution < -0.4 is 25.6 Å². The lowest BCUT2D eigenvalue weighted by Crippen LogP contribution is -2.46. The van der Waals surface area contributed by atoms with Gasteiger partial charge in [0, 0.05) is 52.9 Å². The van der Waals surface area contributed by atoms with Crippen molar-refractivity contribution >= 4 is 28.9 Å². The fraction of sp³-hybridized carbons (Fsp3) is 0.531. The summed E-state index contributed by atoms with van der Waals surface area (Å²) in [6, 6.07) is 6.22. The first-order chi connectivity index (χ1) is 23.6. The number of pyridine rings is 1. The molecule has 0 aliphatic carbocycles. The zero-order chi connectivity index (χ0) is 35.0. The Morgan fingerprint density at radius 1 is 0.980 bits per heavy atom. The van der Waals surface area contributed by atoms with Crippen LogP contribution in [-0.2, 0) is 10.9 Å². The Labute approximate surface area is 282 Å². The largest absolute Gasteiger partial charge is 0.480 e. The number of methoxy groups -OCH3 is 1. The highest BCUT2D eigenvalue weighted by Gasteiger charge is 2.39. The lowest BCUT2D eigenvalue weighted by molar-refractivity contribution is -0.141. The van der Waals surface area contributed by atoms with Gasteiger partial charge in [-0.05, 0) is 50.2 Å². The van der Waals surface area contributed by atoms with Crippen molar-refractivity contribution in [2.45, 2.75) is 25.9 Å². The summed E-state index contributed by atoms with van der Waals surface area (Å²) >= 11 is 0. The topological polar surface area (TPSA) is 142 Å². The summed E-state index contributed by atoms with van der Waals surface area (Å²) in [6.45, 7) is 10.5. The van der Waals surface area contributed by atoms with Gasteiger partial charge in [-0.2, -0.15) is 13.2 Å². The molecule has 0 unspecified atom stereocenters. The normalized spacial score (nSPS) is 16.0. The van der Waals surface area contributed by atoms with Gasteiger partial charge in [-0.1, -0.05) is 12.1 Å². The molecule has 14 nitrogen and oxygen atoms in total. The number of carbonyl (C=O) groups is 2. The van der Waals surface area contributed by atoms with Gasteiger partial charge < -0.3 is 30.3 Å². The molecule has 2 aliphatic rings. The highest BCUT2D eigenvalue weighted by atomic mass is 19.4. The van der Waals surface area contributed by atoms with Gasteiger partial charge in [0.1, 0.15) is 0 Å². The molecule has 5 rings (SSSR count). The molecule has 4 heterocycles. The van der Waals surface area contributed by atoms with Gasteiger partial charge >= 0.3 is 6.18 Å². The number of hydrogen-bond acceptors (Lipinski definition) is 11. The number of nitrogens with one attached hydrogen (secondary N) is 3. The molecule has 3 aromatic rings. The smallest absolute Gasteiger partial charge is 0.434 e. The summed E-state index contributed by atoms with van der Waals surface area (Å²) in [5.74, 6) is -1.67. The molecule has 2 fully saturated rings. The SMILES string of the molecule is CCCN1CCN(c2ccc(-n3cc(C(=O)NCCCN4CCOCC4)nn3)cc2NC(=O)c2cc(NC)c(OC)nc2C(F)(F)F)CC1. The first-order valence-electron chi connectivity index (χ1n) is 16.4. The molecule has 49 heavy (non-hydrogen) atoms. The van der Waals surface area contributed by atoms with Crippen LogP contribution in [0.1, 0.15) is 46.3 Å². The second kappa shape index (κ2) is 16.3. The fourth-order valence-electron chi connectivity index (χ4n) is 5.89. The van der Waals surface area contributed by atoms with Crippen molar-refractivity contribution in [2.75, 3.05) is 102 Å². The van der Waals surface area contributed by atoms with E-state index in [1.165, 1.54) is 25.0 Å². The molecule has 0 atom stereocenters. The number of benzene rings is 1. The number of halogens is 3. The van der Waals surface area contributed by atoms with Crippen molar-refractivity contribution in [3.8, 4) is 11.6 Å². The monoisotopic (exact) mass is 688 g/mol. The average molecular weight is 689 g/mol. The second-order valence-corrected chi connectivity index (χ2v) is 11.8. The molecule has 3 N–H and O–H groups in total. The lowest BCUT2D eigenvalue weighted by atomic mass is 10.1. The molecule has 0 saturated carbocycles. The van der Waals surface area contributed by atoms with Crippen LogP contribution in [0.3, 0.4) is 0 Å². The average Bonchev–Trinajstić information content (AvgIpc) is 3.61. The minimum atomic E-state index is -4.92. The van der Waals surface area contributed by atoms with Gasteiger partial charge in [-0.15, -0.1) is 5.10 Å². The van der Waals surface area contributed by atoms with Crippen molar-refractivity contribution in [1.82, 2.24) is 35.1 Å². The standard InChI is InChI=1S/C32H43F3N10O4/c1-4-9-42-11-13-44(14-12-42)27-7-6-22(45-21-26(40-41-45)30(47)37-8-5-10-43-15-17-49-18-16-43)19-24(27)38-29(46)23-20-25(36-2)31(48-3)39-28(23)32(33,34)35/h6-7,19-21,36H,4-5,8-18H2,1-3H3,(H,37,47)(H,38,46). The third kappa shape index (κ3) is 8.96. The summed E-state index contributed by atoms with van der Waals surface area (Å²) < 4.78 is 54.1. The Bertz CT molecular complexity index is 1590. The van der Waals surface area contributed by atoms with Crippen LogP contribution in [0.25, 0.3) is 5.69 Å². The van der Waals surface area contributed by atoms with Gasteiger partial charge in [0.05, 0.1) is 54.8 Å². The summed E-state index contributed by atoms with van der Waals surface area (Å²) in [6.07, 6.45) is -1.66. The number of anilines is 3. The van der Waals surface area contributed by atoms with Gasteiger partial charge in [0.2, 0.25) is 5.88 Å². The van der Waals surface area contributed by atoms with E-state index in [1.54, 1.807) is 18.2 Å². The van der Waals surface area contributed by atoms with Crippen molar-refractivity contribution < 1.29 is 32.2 Å². The van der Waals surface area contributed by atoms with E-state index in [2.05, 4.69) is 52.9 Å². The number of nitrogens with zero attached hydrogens (tertiary/aromatic N) is 7. The van der Waals surface area contributed by atoms with Gasteiger partial charge in [0.15, 0.2) is 11.4 Å². The Hall–Kier alpha value is -4.48. The summed E-state index contributed by atoms with van der Waals surface area (Å²) in [5, 5.41) is 16.5. The van der Waals surface area contributed by atoms with Crippen LogP contribution in [0.4, 0.5) is 30.2 Å². The number of ether oxygens (including phenoxy) is 2. The Kier molecular flexibility index (Phi) is 11.9. The Morgan fingerprint density at radius 2 is 1.71 bits per heavy atom. The van der Waals surface area contributed by atoms with E-state index in [0.29, 0.717) is 44.2 Å². The number of rotatable bonds is 13. The van der Waals surface area contributed by atoms with E-state index < -0.39 is 23.3 Å². The van der Waals surface area contributed by atoms with Gasteiger partial charge in [-0.3, -0.25) is 19.4 Å². The van der Waals surface area contributed by atoms with Crippen molar-refractivity contribution in [2.24, 2.45) is 0 Å². The molecule has 266 valence electrons. The van der Waals surface area contributed by atoms with E-state index in [4.69, 9.17) is 9.47 Å². The summed E-state index contributed by atoms with van der Waals surface area (Å²) in [7, 11) is 2.69. The minimum absolute atomic E-state index is 0.104. The maximum atomic E-state index is 14.1. The maximum Gasteiger partial charge on any atom is 0.434 e. The first-order valence-corrected chi connectivity index (χ1v) is 16.4. The molecule has 0 radical (unpaired) electrons. The molecule has 0 bridgehead atoms. The van der Waals surface area contributed by atoms with Crippen molar-refractivity contribution in [3.05, 3.63) is 47.4 Å². The number of carbonyl (C=O) groups excluding carboxylic acids is 2. The zero-order valence-corrected chi connectivity index (χ0v) is 28.0. The highest BCUT2D eigenvalue weighted by molar-refractivity contribution is 6.07. The molecule has 2 amide bonds. The van der Waals surface area contributed by atoms with E-state index in [1.807, 2.05) is 0 Å². The predicted molar refractivity (Wildman–Crippen MR) is 178 cm³/mol. The number of alkyl halides is 3. The third-order valence-electron chi connectivity index (χ3n) is 8.48. The van der Waals surface area contributed by atoms with Crippen LogP contribution in [0.2, 0.25) is 0 Å². The number of piperazine rings is 1. The quantitative estimate of drug-likeness (QED) is 0.228. The highest BCUT2D eigenvalue weighted by Crippen LogP contribution is 2.37. The van der Waals surface area contributed by atoms with Crippen LogP contribution >= 0.6 is 0 Å².